The van der Waals surface area contributed by atoms with E-state index < -0.39 is 0 Å². The van der Waals surface area contributed by atoms with E-state index in [2.05, 4.69) is 13.0 Å². The van der Waals surface area contributed by atoms with Gasteiger partial charge in [-0.2, -0.15) is 10.5 Å². The molecule has 0 N–H and O–H groups in total. The molecule has 1 atom stereocenters. The monoisotopic (exact) mass is 136 g/mol. The van der Waals surface area contributed by atoms with Gasteiger partial charge in [0.2, 0.25) is 0 Å². The van der Waals surface area contributed by atoms with E-state index in [1.54, 1.807) is 0 Å². The molecule has 10 heavy (non-hydrogen) atoms. The average molecular weight is 136 g/mol. The van der Waals surface area contributed by atoms with Crippen molar-refractivity contribution in [2.45, 2.75) is 32.6 Å². The molecule has 54 valence electrons. The molecule has 1 unspecified atom stereocenters. The maximum absolute atomic E-state index is 8.48. The van der Waals surface area contributed by atoms with Crippen LogP contribution in [-0.4, -0.2) is 0 Å². The zero-order valence-electron chi connectivity index (χ0n) is 6.30. The standard InChI is InChI=1S/C8H12N2/c1-2-3-4-8(7-10)5-6-9/h8H,2-5H2,1H3. The van der Waals surface area contributed by atoms with Crippen LogP contribution in [0.2, 0.25) is 0 Å². The molecule has 0 aromatic rings. The minimum absolute atomic E-state index is 0.0371. The zero-order valence-corrected chi connectivity index (χ0v) is 6.30. The lowest BCUT2D eigenvalue weighted by atomic mass is 10.0. The van der Waals surface area contributed by atoms with Gasteiger partial charge in [-0.25, -0.2) is 0 Å². The molecule has 0 bridgehead atoms. The Morgan fingerprint density at radius 2 is 2.10 bits per heavy atom. The predicted octanol–water partition coefficient (Wildman–Crippen LogP) is 2.23. The molecule has 0 aliphatic rings. The predicted molar refractivity (Wildman–Crippen MR) is 38.9 cm³/mol. The van der Waals surface area contributed by atoms with Crippen molar-refractivity contribution in [1.29, 1.82) is 10.5 Å². The van der Waals surface area contributed by atoms with E-state index in [1.165, 1.54) is 0 Å². The van der Waals surface area contributed by atoms with E-state index in [9.17, 15) is 0 Å². The van der Waals surface area contributed by atoms with Crippen LogP contribution in [0.4, 0.5) is 0 Å². The molecule has 0 saturated heterocycles. The molecule has 0 aromatic heterocycles. The highest BCUT2D eigenvalue weighted by molar-refractivity contribution is 4.89. The third kappa shape index (κ3) is 3.92. The van der Waals surface area contributed by atoms with Crippen molar-refractivity contribution in [3.05, 3.63) is 0 Å². The SMILES string of the molecule is CCCCC(C#N)CC#N. The molecule has 0 radical (unpaired) electrons. The molecule has 0 aliphatic carbocycles. The first-order valence-electron chi connectivity index (χ1n) is 3.61. The molecular weight excluding hydrogens is 124 g/mol. The van der Waals surface area contributed by atoms with E-state index in [4.69, 9.17) is 10.5 Å². The zero-order chi connectivity index (χ0) is 7.82. The number of unbranched alkanes of at least 4 members (excludes halogenated alkanes) is 1. The van der Waals surface area contributed by atoms with E-state index in [1.807, 2.05) is 6.07 Å². The number of nitriles is 2. The second-order valence-electron chi connectivity index (χ2n) is 2.33. The second-order valence-corrected chi connectivity index (χ2v) is 2.33. The topological polar surface area (TPSA) is 47.6 Å². The van der Waals surface area contributed by atoms with Crippen LogP contribution in [0.1, 0.15) is 32.6 Å². The summed E-state index contributed by atoms with van der Waals surface area (Å²) in [5, 5.41) is 16.7. The minimum atomic E-state index is -0.0371. The van der Waals surface area contributed by atoms with Gasteiger partial charge < -0.3 is 0 Å². The number of rotatable bonds is 4. The van der Waals surface area contributed by atoms with Crippen LogP contribution in [0.3, 0.4) is 0 Å². The van der Waals surface area contributed by atoms with Gasteiger partial charge in [-0.3, -0.25) is 0 Å². The van der Waals surface area contributed by atoms with Crippen LogP contribution >= 0.6 is 0 Å². The van der Waals surface area contributed by atoms with Crippen molar-refractivity contribution in [2.75, 3.05) is 0 Å². The van der Waals surface area contributed by atoms with E-state index in [0.717, 1.165) is 19.3 Å². The van der Waals surface area contributed by atoms with Crippen molar-refractivity contribution in [3.63, 3.8) is 0 Å². The molecule has 0 rings (SSSR count). The third-order valence-corrected chi connectivity index (χ3v) is 1.43. The molecule has 0 spiro atoms. The average Bonchev–Trinajstić information content (AvgIpc) is 1.98. The van der Waals surface area contributed by atoms with Crippen molar-refractivity contribution in [2.24, 2.45) is 5.92 Å². The second kappa shape index (κ2) is 6.11. The van der Waals surface area contributed by atoms with Crippen molar-refractivity contribution >= 4 is 0 Å². The van der Waals surface area contributed by atoms with Gasteiger partial charge in [0, 0.05) is 0 Å². The lowest BCUT2D eigenvalue weighted by Gasteiger charge is -2.00. The lowest BCUT2D eigenvalue weighted by molar-refractivity contribution is 0.575. The van der Waals surface area contributed by atoms with Crippen molar-refractivity contribution in [1.82, 2.24) is 0 Å². The fraction of sp³-hybridized carbons (Fsp3) is 0.750. The van der Waals surface area contributed by atoms with Crippen LogP contribution in [0.15, 0.2) is 0 Å². The third-order valence-electron chi connectivity index (χ3n) is 1.43. The lowest BCUT2D eigenvalue weighted by Crippen LogP contribution is -1.94. The largest absolute Gasteiger partial charge is 0.198 e. The summed E-state index contributed by atoms with van der Waals surface area (Å²) in [6, 6.07) is 4.12. The van der Waals surface area contributed by atoms with Crippen molar-refractivity contribution < 1.29 is 0 Å². The van der Waals surface area contributed by atoms with Gasteiger partial charge in [0.15, 0.2) is 0 Å². The van der Waals surface area contributed by atoms with E-state index in [-0.39, 0.29) is 5.92 Å². The highest BCUT2D eigenvalue weighted by atomic mass is 14.3. The van der Waals surface area contributed by atoms with Gasteiger partial charge >= 0.3 is 0 Å². The Morgan fingerprint density at radius 1 is 1.40 bits per heavy atom. The van der Waals surface area contributed by atoms with Crippen LogP contribution < -0.4 is 0 Å². The summed E-state index contributed by atoms with van der Waals surface area (Å²) in [6.45, 7) is 2.08. The van der Waals surface area contributed by atoms with Crippen molar-refractivity contribution in [3.8, 4) is 12.1 Å². The van der Waals surface area contributed by atoms with Gasteiger partial charge in [0.25, 0.3) is 0 Å². The molecule has 2 heteroatoms. The summed E-state index contributed by atoms with van der Waals surface area (Å²) in [5.74, 6) is -0.0371. The van der Waals surface area contributed by atoms with Crippen LogP contribution in [0, 0.1) is 28.6 Å². The summed E-state index contributed by atoms with van der Waals surface area (Å²) < 4.78 is 0. The molecular formula is C8H12N2. The number of hydrogen-bond donors (Lipinski definition) is 0. The summed E-state index contributed by atoms with van der Waals surface area (Å²) in [5.41, 5.74) is 0. The normalized spacial score (nSPS) is 11.5. The quantitative estimate of drug-likeness (QED) is 0.595. The van der Waals surface area contributed by atoms with Crippen LogP contribution in [-0.2, 0) is 0 Å². The highest BCUT2D eigenvalue weighted by Gasteiger charge is 2.04. The summed E-state index contributed by atoms with van der Waals surface area (Å²) in [4.78, 5) is 0. The minimum Gasteiger partial charge on any atom is -0.198 e. The first-order chi connectivity index (χ1) is 4.85. The van der Waals surface area contributed by atoms with Gasteiger partial charge in [0.05, 0.1) is 24.5 Å². The van der Waals surface area contributed by atoms with Crippen LogP contribution in [0.5, 0.6) is 0 Å². The molecule has 0 amide bonds. The molecule has 0 aromatic carbocycles. The van der Waals surface area contributed by atoms with Gasteiger partial charge in [0.1, 0.15) is 0 Å². The summed E-state index contributed by atoms with van der Waals surface area (Å²) in [7, 11) is 0. The Morgan fingerprint density at radius 3 is 2.50 bits per heavy atom. The highest BCUT2D eigenvalue weighted by Crippen LogP contribution is 2.10. The first kappa shape index (κ1) is 8.98. The van der Waals surface area contributed by atoms with E-state index in [0.29, 0.717) is 6.42 Å². The molecule has 0 aliphatic heterocycles. The molecule has 2 nitrogen and oxygen atoms in total. The Kier molecular flexibility index (Phi) is 5.48. The maximum Gasteiger partial charge on any atom is 0.0666 e. The van der Waals surface area contributed by atoms with Gasteiger partial charge in [-0.1, -0.05) is 19.8 Å². The Labute approximate surface area is 62.1 Å². The fourth-order valence-electron chi connectivity index (χ4n) is 0.773. The Bertz CT molecular complexity index is 150. The maximum atomic E-state index is 8.48. The van der Waals surface area contributed by atoms with Gasteiger partial charge in [-0.05, 0) is 6.42 Å². The Hall–Kier alpha value is -1.02. The summed E-state index contributed by atoms with van der Waals surface area (Å²) in [6.07, 6.45) is 3.42. The molecule has 0 heterocycles. The van der Waals surface area contributed by atoms with Crippen LogP contribution in [0.25, 0.3) is 0 Å². The summed E-state index contributed by atoms with van der Waals surface area (Å²) >= 11 is 0. The fourth-order valence-corrected chi connectivity index (χ4v) is 0.773. The van der Waals surface area contributed by atoms with E-state index >= 15 is 0 Å². The number of hydrogen-bond acceptors (Lipinski definition) is 2. The number of nitrogens with zero attached hydrogens (tertiary/aromatic N) is 2. The Balaban J connectivity index is 3.45. The first-order valence-corrected chi connectivity index (χ1v) is 3.61. The van der Waals surface area contributed by atoms with Gasteiger partial charge in [-0.15, -0.1) is 0 Å². The molecule has 0 saturated carbocycles. The smallest absolute Gasteiger partial charge is 0.0666 e. The molecule has 0 fully saturated rings.